The molecule has 2 aromatic heterocycles. The zero-order chi connectivity index (χ0) is 18.8. The van der Waals surface area contributed by atoms with Crippen LogP contribution in [-0.4, -0.2) is 51.1 Å². The van der Waals surface area contributed by atoms with E-state index in [-0.39, 0.29) is 17.7 Å². The maximum Gasteiger partial charge on any atom is 0.223 e. The van der Waals surface area contributed by atoms with E-state index < -0.39 is 5.82 Å². The second-order valence-corrected chi connectivity index (χ2v) is 6.25. The van der Waals surface area contributed by atoms with Crippen LogP contribution in [0.2, 0.25) is 0 Å². The average molecular weight is 360 g/mol. The predicted octanol–water partition coefficient (Wildman–Crippen LogP) is 1.81. The maximum absolute atomic E-state index is 14.1. The number of aromatic nitrogens is 4. The number of amides is 1. The molecule has 0 unspecified atom stereocenters. The Morgan fingerprint density at radius 2 is 2.19 bits per heavy atom. The van der Waals surface area contributed by atoms with Crippen LogP contribution in [0.4, 0.5) is 10.3 Å². The summed E-state index contributed by atoms with van der Waals surface area (Å²) < 4.78 is 20.5. The molecule has 2 N–H and O–H groups in total. The Hall–Kier alpha value is -2.97. The van der Waals surface area contributed by atoms with Crippen molar-refractivity contribution in [2.24, 2.45) is 0 Å². The smallest absolute Gasteiger partial charge is 0.223 e. The second-order valence-electron chi connectivity index (χ2n) is 6.25. The molecule has 0 spiro atoms. The number of nitrogens with two attached hydrogens (primary N) is 1. The lowest BCUT2D eigenvalue weighted by Gasteiger charge is -2.19. The van der Waals surface area contributed by atoms with Gasteiger partial charge in [-0.25, -0.2) is 14.4 Å². The minimum absolute atomic E-state index is 0.0989. The number of fused-ring (bicyclic) bond motifs is 3. The molecule has 1 aromatic carbocycles. The topological polar surface area (TPSA) is 98.6 Å². The van der Waals surface area contributed by atoms with E-state index in [4.69, 9.17) is 10.5 Å². The molecular formula is C17H21FN6O2. The molecule has 3 rings (SSSR count). The van der Waals surface area contributed by atoms with Gasteiger partial charge in [-0.2, -0.15) is 4.52 Å². The van der Waals surface area contributed by atoms with Crippen molar-refractivity contribution in [3.63, 3.8) is 0 Å². The van der Waals surface area contributed by atoms with Crippen LogP contribution < -0.4 is 10.5 Å². The molecule has 8 nitrogen and oxygen atoms in total. The number of methoxy groups -OCH3 is 1. The van der Waals surface area contributed by atoms with E-state index in [0.29, 0.717) is 28.8 Å². The van der Waals surface area contributed by atoms with Gasteiger partial charge in [-0.1, -0.05) is 0 Å². The van der Waals surface area contributed by atoms with Gasteiger partial charge >= 0.3 is 0 Å². The molecule has 0 aliphatic heterocycles. The van der Waals surface area contributed by atoms with Crippen LogP contribution in [0.1, 0.15) is 25.6 Å². The van der Waals surface area contributed by atoms with Crippen molar-refractivity contribution in [2.75, 3.05) is 19.9 Å². The van der Waals surface area contributed by atoms with Gasteiger partial charge in [-0.3, -0.25) is 4.79 Å². The van der Waals surface area contributed by atoms with Gasteiger partial charge in [-0.05, 0) is 25.8 Å². The van der Waals surface area contributed by atoms with E-state index in [9.17, 15) is 9.18 Å². The van der Waals surface area contributed by atoms with E-state index in [1.54, 1.807) is 11.9 Å². The molecule has 0 aliphatic rings. The molecule has 1 amide bonds. The second kappa shape index (κ2) is 7.11. The van der Waals surface area contributed by atoms with Crippen LogP contribution in [-0.2, 0) is 11.2 Å². The molecule has 0 saturated carbocycles. The van der Waals surface area contributed by atoms with Gasteiger partial charge in [0.15, 0.2) is 23.0 Å². The zero-order valence-electron chi connectivity index (χ0n) is 14.9. The van der Waals surface area contributed by atoms with Crippen molar-refractivity contribution < 1.29 is 13.9 Å². The lowest BCUT2D eigenvalue weighted by Crippen LogP contribution is -2.27. The first kappa shape index (κ1) is 17.8. The standard InChI is InChI=1S/C17H21FN6O2/c1-10(23(2)9-25)5-4-6-15-21-16-11-7-12(18)14(26-3)8-13(11)20-17(19)24(16)22-15/h7-10H,4-6H2,1-3H3,(H2,19,20)/t10-/m0/s1. The number of nitrogens with zero attached hydrogens (tertiary/aromatic N) is 5. The molecule has 0 fully saturated rings. The largest absolute Gasteiger partial charge is 0.494 e. The summed E-state index contributed by atoms with van der Waals surface area (Å²) in [6.07, 6.45) is 3.07. The van der Waals surface area contributed by atoms with E-state index >= 15 is 0 Å². The minimum Gasteiger partial charge on any atom is -0.494 e. The zero-order valence-corrected chi connectivity index (χ0v) is 14.9. The lowest BCUT2D eigenvalue weighted by atomic mass is 10.1. The van der Waals surface area contributed by atoms with Crippen LogP contribution in [0.15, 0.2) is 12.1 Å². The first-order valence-corrected chi connectivity index (χ1v) is 8.30. The summed E-state index contributed by atoms with van der Waals surface area (Å²) in [6.45, 7) is 1.98. The number of anilines is 1. The summed E-state index contributed by atoms with van der Waals surface area (Å²) in [5.41, 5.74) is 6.92. The number of nitrogen functional groups attached to an aromatic ring is 1. The van der Waals surface area contributed by atoms with E-state index in [2.05, 4.69) is 15.1 Å². The first-order chi connectivity index (χ1) is 12.4. The lowest BCUT2D eigenvalue weighted by molar-refractivity contribution is -0.118. The summed E-state index contributed by atoms with van der Waals surface area (Å²) in [6, 6.07) is 2.96. The van der Waals surface area contributed by atoms with E-state index in [0.717, 1.165) is 19.3 Å². The molecule has 1 atom stereocenters. The Balaban J connectivity index is 1.90. The Labute approximate surface area is 149 Å². The van der Waals surface area contributed by atoms with Gasteiger partial charge in [0.1, 0.15) is 0 Å². The number of rotatable bonds is 7. The van der Waals surface area contributed by atoms with Gasteiger partial charge in [0.2, 0.25) is 12.4 Å². The normalized spacial score (nSPS) is 12.5. The van der Waals surface area contributed by atoms with Crippen molar-refractivity contribution in [2.45, 2.75) is 32.2 Å². The number of halogens is 1. The Bertz CT molecular complexity index is 957. The third-order valence-corrected chi connectivity index (χ3v) is 4.50. The third-order valence-electron chi connectivity index (χ3n) is 4.50. The monoisotopic (exact) mass is 360 g/mol. The Morgan fingerprint density at radius 3 is 2.88 bits per heavy atom. The van der Waals surface area contributed by atoms with Crippen molar-refractivity contribution in [3.05, 3.63) is 23.8 Å². The number of benzene rings is 1. The molecule has 0 aliphatic carbocycles. The Morgan fingerprint density at radius 1 is 1.42 bits per heavy atom. The fraction of sp³-hybridized carbons (Fsp3) is 0.412. The molecule has 2 heterocycles. The SMILES string of the molecule is COc1cc2nc(N)n3nc(CCC[C@H](C)N(C)C=O)nc3c2cc1F. The molecule has 9 heteroatoms. The van der Waals surface area contributed by atoms with Gasteiger partial charge in [0.05, 0.1) is 12.6 Å². The number of aryl methyl sites for hydroxylation is 1. The maximum atomic E-state index is 14.1. The molecule has 0 saturated heterocycles. The third kappa shape index (κ3) is 3.24. The highest BCUT2D eigenvalue weighted by atomic mass is 19.1. The Kier molecular flexibility index (Phi) is 4.88. The van der Waals surface area contributed by atoms with Crippen molar-refractivity contribution in [1.29, 1.82) is 0 Å². The summed E-state index contributed by atoms with van der Waals surface area (Å²) in [5, 5.41) is 4.90. The van der Waals surface area contributed by atoms with Gasteiger partial charge < -0.3 is 15.4 Å². The molecular weight excluding hydrogens is 339 g/mol. The van der Waals surface area contributed by atoms with Crippen LogP contribution >= 0.6 is 0 Å². The van der Waals surface area contributed by atoms with Crippen LogP contribution in [0.25, 0.3) is 16.6 Å². The summed E-state index contributed by atoms with van der Waals surface area (Å²) in [5.74, 6) is 0.377. The highest BCUT2D eigenvalue weighted by molar-refractivity contribution is 5.93. The minimum atomic E-state index is -0.497. The number of carbonyl (C=O) groups excluding carboxylic acids is 1. The molecule has 26 heavy (non-hydrogen) atoms. The molecule has 3 aromatic rings. The first-order valence-electron chi connectivity index (χ1n) is 8.30. The van der Waals surface area contributed by atoms with Crippen molar-refractivity contribution in [1.82, 2.24) is 24.5 Å². The number of hydrogen-bond donors (Lipinski definition) is 1. The quantitative estimate of drug-likeness (QED) is 0.645. The highest BCUT2D eigenvalue weighted by Gasteiger charge is 2.15. The van der Waals surface area contributed by atoms with Crippen LogP contribution in [0.3, 0.4) is 0 Å². The van der Waals surface area contributed by atoms with Gasteiger partial charge in [-0.15, -0.1) is 5.10 Å². The van der Waals surface area contributed by atoms with Crippen LogP contribution in [0, 0.1) is 5.82 Å². The summed E-state index contributed by atoms with van der Waals surface area (Å²) in [4.78, 5) is 21.2. The average Bonchev–Trinajstić information content (AvgIpc) is 3.06. The van der Waals surface area contributed by atoms with Crippen molar-refractivity contribution >= 4 is 28.9 Å². The fourth-order valence-electron chi connectivity index (χ4n) is 2.80. The van der Waals surface area contributed by atoms with E-state index in [1.165, 1.54) is 23.8 Å². The fourth-order valence-corrected chi connectivity index (χ4v) is 2.80. The van der Waals surface area contributed by atoms with Crippen molar-refractivity contribution in [3.8, 4) is 5.75 Å². The number of carbonyl (C=O) groups is 1. The summed E-state index contributed by atoms with van der Waals surface area (Å²) in [7, 11) is 3.15. The molecule has 0 bridgehead atoms. The number of hydrogen-bond acceptors (Lipinski definition) is 6. The van der Waals surface area contributed by atoms with Gasteiger partial charge in [0.25, 0.3) is 0 Å². The van der Waals surface area contributed by atoms with Crippen LogP contribution in [0.5, 0.6) is 5.75 Å². The molecule has 0 radical (unpaired) electrons. The number of ether oxygens (including phenoxy) is 1. The highest BCUT2D eigenvalue weighted by Crippen LogP contribution is 2.27. The van der Waals surface area contributed by atoms with E-state index in [1.807, 2.05) is 6.92 Å². The predicted molar refractivity (Wildman–Crippen MR) is 95.4 cm³/mol. The summed E-state index contributed by atoms with van der Waals surface area (Å²) >= 11 is 0. The molecule has 138 valence electrons. The van der Waals surface area contributed by atoms with Gasteiger partial charge in [0, 0.05) is 31.0 Å².